The maximum Gasteiger partial charge on any atom is 0.321 e. The average molecular weight is 338 g/mol. The molecule has 1 aliphatic heterocycles. The molecule has 1 atom stereocenters. The van der Waals surface area contributed by atoms with Crippen LogP contribution < -0.4 is 21.3 Å². The smallest absolute Gasteiger partial charge is 0.321 e. The Morgan fingerprint density at radius 1 is 1.20 bits per heavy atom. The Labute approximate surface area is 147 Å². The van der Waals surface area contributed by atoms with Gasteiger partial charge in [0.15, 0.2) is 0 Å². The first-order valence-electron chi connectivity index (χ1n) is 8.39. The van der Waals surface area contributed by atoms with Crippen LogP contribution in [0.3, 0.4) is 0 Å². The SMILES string of the molecule is NC(CC(=O)Nc1cccc(N2CCCNC2=O)c1)c1ccccc1. The summed E-state index contributed by atoms with van der Waals surface area (Å²) in [6.45, 7) is 1.37. The minimum absolute atomic E-state index is 0.110. The summed E-state index contributed by atoms with van der Waals surface area (Å²) in [5.74, 6) is -0.156. The first-order valence-corrected chi connectivity index (χ1v) is 8.39. The van der Waals surface area contributed by atoms with Crippen molar-refractivity contribution in [3.05, 3.63) is 60.2 Å². The number of nitrogens with one attached hydrogen (secondary N) is 2. The van der Waals surface area contributed by atoms with Crippen molar-refractivity contribution in [2.24, 2.45) is 5.73 Å². The Morgan fingerprint density at radius 3 is 2.76 bits per heavy atom. The van der Waals surface area contributed by atoms with Crippen LogP contribution in [-0.2, 0) is 4.79 Å². The molecule has 25 heavy (non-hydrogen) atoms. The number of carbonyl (C=O) groups is 2. The van der Waals surface area contributed by atoms with Crippen LogP contribution in [0.15, 0.2) is 54.6 Å². The van der Waals surface area contributed by atoms with Crippen molar-refractivity contribution in [2.75, 3.05) is 23.3 Å². The number of hydrogen-bond acceptors (Lipinski definition) is 3. The molecule has 0 aliphatic carbocycles. The second-order valence-electron chi connectivity index (χ2n) is 6.06. The van der Waals surface area contributed by atoms with Crippen LogP contribution in [0, 0.1) is 0 Å². The Balaban J connectivity index is 1.63. The van der Waals surface area contributed by atoms with Gasteiger partial charge in [0.25, 0.3) is 0 Å². The molecule has 6 heteroatoms. The minimum Gasteiger partial charge on any atom is -0.338 e. The van der Waals surface area contributed by atoms with Crippen molar-refractivity contribution in [1.29, 1.82) is 0 Å². The van der Waals surface area contributed by atoms with Crippen LogP contribution in [0.25, 0.3) is 0 Å². The van der Waals surface area contributed by atoms with Gasteiger partial charge in [0.2, 0.25) is 5.91 Å². The zero-order valence-corrected chi connectivity index (χ0v) is 13.9. The van der Waals surface area contributed by atoms with Crippen molar-refractivity contribution in [3.8, 4) is 0 Å². The van der Waals surface area contributed by atoms with E-state index in [-0.39, 0.29) is 24.4 Å². The summed E-state index contributed by atoms with van der Waals surface area (Å²) in [7, 11) is 0. The van der Waals surface area contributed by atoms with E-state index in [1.807, 2.05) is 42.5 Å². The van der Waals surface area contributed by atoms with Crippen molar-refractivity contribution < 1.29 is 9.59 Å². The molecule has 4 N–H and O–H groups in total. The number of benzene rings is 2. The molecule has 130 valence electrons. The maximum atomic E-state index is 12.3. The number of hydrogen-bond donors (Lipinski definition) is 3. The van der Waals surface area contributed by atoms with E-state index in [0.717, 1.165) is 17.7 Å². The number of amides is 3. The molecule has 3 amide bonds. The molecule has 1 saturated heterocycles. The molecule has 2 aromatic rings. The van der Waals surface area contributed by atoms with Crippen LogP contribution in [-0.4, -0.2) is 25.0 Å². The van der Waals surface area contributed by atoms with Crippen LogP contribution in [0.5, 0.6) is 0 Å². The summed E-state index contributed by atoms with van der Waals surface area (Å²) in [5.41, 5.74) is 8.44. The molecule has 0 spiro atoms. The highest BCUT2D eigenvalue weighted by atomic mass is 16.2. The first-order chi connectivity index (χ1) is 12.1. The lowest BCUT2D eigenvalue weighted by atomic mass is 10.0. The summed E-state index contributed by atoms with van der Waals surface area (Å²) in [4.78, 5) is 25.9. The lowest BCUT2D eigenvalue weighted by molar-refractivity contribution is -0.116. The Kier molecular flexibility index (Phi) is 5.30. The highest BCUT2D eigenvalue weighted by Gasteiger charge is 2.19. The number of carbonyl (C=O) groups excluding carboxylic acids is 2. The van der Waals surface area contributed by atoms with Crippen LogP contribution in [0.2, 0.25) is 0 Å². The van der Waals surface area contributed by atoms with Crippen molar-refractivity contribution in [3.63, 3.8) is 0 Å². The van der Waals surface area contributed by atoms with Gasteiger partial charge in [-0.25, -0.2) is 4.79 Å². The second kappa shape index (κ2) is 7.81. The third kappa shape index (κ3) is 4.36. The zero-order valence-electron chi connectivity index (χ0n) is 13.9. The lowest BCUT2D eigenvalue weighted by Crippen LogP contribution is -2.46. The fraction of sp³-hybridized carbons (Fsp3) is 0.263. The second-order valence-corrected chi connectivity index (χ2v) is 6.06. The van der Waals surface area contributed by atoms with Crippen LogP contribution in [0.4, 0.5) is 16.2 Å². The lowest BCUT2D eigenvalue weighted by Gasteiger charge is -2.27. The quantitative estimate of drug-likeness (QED) is 0.783. The van der Waals surface area contributed by atoms with Gasteiger partial charge in [-0.05, 0) is 30.2 Å². The van der Waals surface area contributed by atoms with E-state index in [2.05, 4.69) is 10.6 Å². The third-order valence-electron chi connectivity index (χ3n) is 4.15. The molecule has 6 nitrogen and oxygen atoms in total. The van der Waals surface area contributed by atoms with Gasteiger partial charge in [0.1, 0.15) is 0 Å². The minimum atomic E-state index is -0.350. The fourth-order valence-electron chi connectivity index (χ4n) is 2.86. The normalized spacial score (nSPS) is 15.4. The van der Waals surface area contributed by atoms with E-state index in [9.17, 15) is 9.59 Å². The molecular weight excluding hydrogens is 316 g/mol. The highest BCUT2D eigenvalue weighted by molar-refractivity contribution is 5.95. The summed E-state index contributed by atoms with van der Waals surface area (Å²) in [6, 6.07) is 16.4. The summed E-state index contributed by atoms with van der Waals surface area (Å²) in [6.07, 6.45) is 1.09. The largest absolute Gasteiger partial charge is 0.338 e. The molecule has 0 aromatic heterocycles. The van der Waals surface area contributed by atoms with E-state index in [0.29, 0.717) is 18.8 Å². The predicted molar refractivity (Wildman–Crippen MR) is 98.4 cm³/mol. The maximum absolute atomic E-state index is 12.3. The monoisotopic (exact) mass is 338 g/mol. The number of anilines is 2. The summed E-state index contributed by atoms with van der Waals surface area (Å²) >= 11 is 0. The molecule has 1 aliphatic rings. The Hall–Kier alpha value is -2.86. The van der Waals surface area contributed by atoms with E-state index < -0.39 is 0 Å². The average Bonchev–Trinajstić information content (AvgIpc) is 2.63. The molecule has 0 bridgehead atoms. The first kappa shape index (κ1) is 17.0. The fourth-order valence-corrected chi connectivity index (χ4v) is 2.86. The Bertz CT molecular complexity index is 748. The van der Waals surface area contributed by atoms with Gasteiger partial charge in [0, 0.05) is 36.9 Å². The van der Waals surface area contributed by atoms with Gasteiger partial charge in [0.05, 0.1) is 0 Å². The number of rotatable bonds is 5. The summed E-state index contributed by atoms with van der Waals surface area (Å²) in [5, 5.41) is 5.68. The van der Waals surface area contributed by atoms with Crippen molar-refractivity contribution >= 4 is 23.3 Å². The molecule has 1 fully saturated rings. The molecule has 3 rings (SSSR count). The van der Waals surface area contributed by atoms with Crippen molar-refractivity contribution in [2.45, 2.75) is 18.9 Å². The standard InChI is InChI=1S/C19H22N4O2/c20-17(14-6-2-1-3-7-14)13-18(24)22-15-8-4-9-16(12-15)23-11-5-10-21-19(23)25/h1-4,6-9,12,17H,5,10-11,13,20H2,(H,21,25)(H,22,24). The van der Waals surface area contributed by atoms with E-state index in [1.165, 1.54) is 0 Å². The highest BCUT2D eigenvalue weighted by Crippen LogP contribution is 2.22. The van der Waals surface area contributed by atoms with Gasteiger partial charge in [-0.15, -0.1) is 0 Å². The number of nitrogens with two attached hydrogens (primary N) is 1. The molecule has 0 radical (unpaired) electrons. The van der Waals surface area contributed by atoms with E-state index in [1.54, 1.807) is 17.0 Å². The molecule has 0 saturated carbocycles. The molecular formula is C19H22N4O2. The number of nitrogens with zero attached hydrogens (tertiary/aromatic N) is 1. The van der Waals surface area contributed by atoms with Gasteiger partial charge < -0.3 is 16.4 Å². The predicted octanol–water partition coefficient (Wildman–Crippen LogP) is 2.63. The molecule has 2 aromatic carbocycles. The van der Waals surface area contributed by atoms with Gasteiger partial charge >= 0.3 is 6.03 Å². The van der Waals surface area contributed by atoms with Crippen LogP contribution >= 0.6 is 0 Å². The van der Waals surface area contributed by atoms with Gasteiger partial charge in [-0.2, -0.15) is 0 Å². The van der Waals surface area contributed by atoms with Gasteiger partial charge in [-0.1, -0.05) is 36.4 Å². The third-order valence-corrected chi connectivity index (χ3v) is 4.15. The van der Waals surface area contributed by atoms with Crippen LogP contribution in [0.1, 0.15) is 24.4 Å². The van der Waals surface area contributed by atoms with Gasteiger partial charge in [-0.3, -0.25) is 9.69 Å². The topological polar surface area (TPSA) is 87.5 Å². The van der Waals surface area contributed by atoms with E-state index >= 15 is 0 Å². The number of urea groups is 1. The Morgan fingerprint density at radius 2 is 2.00 bits per heavy atom. The van der Waals surface area contributed by atoms with Crippen molar-refractivity contribution in [1.82, 2.24) is 5.32 Å². The zero-order chi connectivity index (χ0) is 17.6. The summed E-state index contributed by atoms with van der Waals surface area (Å²) < 4.78 is 0. The molecule has 1 unspecified atom stereocenters. The molecule has 1 heterocycles. The van der Waals surface area contributed by atoms with E-state index in [4.69, 9.17) is 5.73 Å².